The van der Waals surface area contributed by atoms with Crippen LogP contribution in [-0.2, 0) is 16.0 Å². The molecule has 2 aromatic rings. The molecule has 2 fully saturated rings. The van der Waals surface area contributed by atoms with E-state index in [1.54, 1.807) is 0 Å². The van der Waals surface area contributed by atoms with Gasteiger partial charge >= 0.3 is 0 Å². The third-order valence-electron chi connectivity index (χ3n) is 5.31. The first-order chi connectivity index (χ1) is 13.6. The number of ether oxygens (including phenoxy) is 1. The lowest BCUT2D eigenvalue weighted by atomic mass is 9.98. The zero-order chi connectivity index (χ0) is 19.5. The van der Waals surface area contributed by atoms with Gasteiger partial charge in [-0.25, -0.2) is 9.97 Å². The van der Waals surface area contributed by atoms with Gasteiger partial charge in [-0.2, -0.15) is 0 Å². The number of nitrogens with zero attached hydrogens (tertiary/aromatic N) is 5. The topological polar surface area (TPSA) is 93.1 Å². The zero-order valence-corrected chi connectivity index (χ0v) is 17.2. The van der Waals surface area contributed by atoms with E-state index in [1.165, 1.54) is 11.3 Å². The fourth-order valence-corrected chi connectivity index (χ4v) is 4.59. The van der Waals surface area contributed by atoms with Crippen molar-refractivity contribution < 1.29 is 9.53 Å². The summed E-state index contributed by atoms with van der Waals surface area (Å²) in [5.41, 5.74) is 0.896. The number of carbonyl (C=O) groups excluding carboxylic acids is 1. The second-order valence-electron chi connectivity index (χ2n) is 7.28. The monoisotopic (exact) mass is 402 g/mol. The van der Waals surface area contributed by atoms with Crippen molar-refractivity contribution in [2.24, 2.45) is 5.92 Å². The lowest BCUT2D eigenvalue weighted by Crippen LogP contribution is -2.38. The van der Waals surface area contributed by atoms with E-state index < -0.39 is 0 Å². The number of nitrogens with one attached hydrogen (secondary N) is 1. The summed E-state index contributed by atoms with van der Waals surface area (Å²) < 4.78 is 5.41. The first-order valence-electron chi connectivity index (χ1n) is 9.97. The molecule has 2 saturated heterocycles. The van der Waals surface area contributed by atoms with E-state index in [1.807, 2.05) is 17.9 Å². The van der Waals surface area contributed by atoms with Gasteiger partial charge in [0, 0.05) is 31.7 Å². The molecule has 4 heterocycles. The van der Waals surface area contributed by atoms with E-state index in [2.05, 4.69) is 32.4 Å². The summed E-state index contributed by atoms with van der Waals surface area (Å²) in [6, 6.07) is 1.96. The molecule has 28 heavy (non-hydrogen) atoms. The fourth-order valence-electron chi connectivity index (χ4n) is 3.90. The van der Waals surface area contributed by atoms with Crippen LogP contribution in [0, 0.1) is 12.8 Å². The van der Waals surface area contributed by atoms with Crippen molar-refractivity contribution in [3.05, 3.63) is 22.6 Å². The van der Waals surface area contributed by atoms with Crippen LogP contribution in [0.3, 0.4) is 0 Å². The van der Waals surface area contributed by atoms with Gasteiger partial charge in [0.25, 0.3) is 0 Å². The van der Waals surface area contributed by atoms with Gasteiger partial charge in [-0.15, -0.1) is 10.2 Å². The molecular weight excluding hydrogens is 376 g/mol. The lowest BCUT2D eigenvalue weighted by Gasteiger charge is -2.30. The van der Waals surface area contributed by atoms with Gasteiger partial charge in [0.1, 0.15) is 16.6 Å². The van der Waals surface area contributed by atoms with Crippen LogP contribution in [0.25, 0.3) is 0 Å². The maximum atomic E-state index is 13.1. The van der Waals surface area contributed by atoms with E-state index in [4.69, 9.17) is 4.74 Å². The molecule has 0 saturated carbocycles. The molecule has 2 aliphatic rings. The Bertz CT molecular complexity index is 836. The highest BCUT2D eigenvalue weighted by Gasteiger charge is 2.35. The summed E-state index contributed by atoms with van der Waals surface area (Å²) in [7, 11) is 0. The Hall–Kier alpha value is -2.13. The summed E-state index contributed by atoms with van der Waals surface area (Å²) in [5, 5.41) is 13.3. The number of amides is 1. The van der Waals surface area contributed by atoms with Crippen molar-refractivity contribution in [2.45, 2.75) is 52.0 Å². The molecule has 0 bridgehead atoms. The van der Waals surface area contributed by atoms with Crippen molar-refractivity contribution in [2.75, 3.05) is 25.1 Å². The Labute approximate surface area is 168 Å². The molecule has 1 atom stereocenters. The Balaban J connectivity index is 1.53. The van der Waals surface area contributed by atoms with E-state index in [0.29, 0.717) is 24.9 Å². The third kappa shape index (κ3) is 4.15. The molecule has 2 aliphatic heterocycles. The standard InChI is InChI=1S/C19H26N6O2S/c1-3-17-23-24-19(28-17)22-16-11-14(20-12(2)21-16)15-5-4-8-25(15)18(26)13-6-9-27-10-7-13/h11,13,15H,3-10H2,1-2H3,(H,20,21,22,24). The van der Waals surface area contributed by atoms with Crippen molar-refractivity contribution in [1.29, 1.82) is 0 Å². The van der Waals surface area contributed by atoms with Gasteiger partial charge in [0.2, 0.25) is 11.0 Å². The Morgan fingerprint density at radius 2 is 2.11 bits per heavy atom. The largest absolute Gasteiger partial charge is 0.381 e. The fraction of sp³-hybridized carbons (Fsp3) is 0.632. The van der Waals surface area contributed by atoms with E-state index in [0.717, 1.165) is 54.5 Å². The molecule has 0 aliphatic carbocycles. The van der Waals surface area contributed by atoms with Crippen LogP contribution in [0.1, 0.15) is 55.2 Å². The predicted molar refractivity (Wildman–Crippen MR) is 107 cm³/mol. The number of rotatable bonds is 5. The van der Waals surface area contributed by atoms with E-state index in [-0.39, 0.29) is 17.9 Å². The average Bonchev–Trinajstić information content (AvgIpc) is 3.37. The number of anilines is 2. The average molecular weight is 403 g/mol. The van der Waals surface area contributed by atoms with E-state index in [9.17, 15) is 4.79 Å². The van der Waals surface area contributed by atoms with Gasteiger partial charge in [0.15, 0.2) is 0 Å². The SMILES string of the molecule is CCc1nnc(Nc2cc(C3CCCN3C(=O)C3CCOCC3)nc(C)n2)s1. The molecule has 1 N–H and O–H groups in total. The molecule has 8 nitrogen and oxygen atoms in total. The number of likely N-dealkylation sites (tertiary alicyclic amines) is 1. The van der Waals surface area contributed by atoms with E-state index >= 15 is 0 Å². The normalized spacial score (nSPS) is 20.5. The first kappa shape index (κ1) is 19.2. The molecule has 150 valence electrons. The molecule has 4 rings (SSSR count). The number of hydrogen-bond acceptors (Lipinski definition) is 8. The molecule has 2 aromatic heterocycles. The minimum absolute atomic E-state index is 0.0122. The van der Waals surface area contributed by atoms with Gasteiger partial charge in [0.05, 0.1) is 11.7 Å². The highest BCUT2D eigenvalue weighted by molar-refractivity contribution is 7.15. The van der Waals surface area contributed by atoms with Gasteiger partial charge in [-0.05, 0) is 39.0 Å². The molecule has 1 amide bonds. The van der Waals surface area contributed by atoms with Gasteiger partial charge in [-0.1, -0.05) is 18.3 Å². The van der Waals surface area contributed by atoms with Gasteiger partial charge < -0.3 is 15.0 Å². The van der Waals surface area contributed by atoms with Gasteiger partial charge in [-0.3, -0.25) is 4.79 Å². The molecule has 0 aromatic carbocycles. The highest BCUT2D eigenvalue weighted by Crippen LogP contribution is 2.34. The second-order valence-corrected chi connectivity index (χ2v) is 8.34. The predicted octanol–water partition coefficient (Wildman–Crippen LogP) is 3.03. The van der Waals surface area contributed by atoms with Crippen LogP contribution in [0.5, 0.6) is 0 Å². The maximum Gasteiger partial charge on any atom is 0.226 e. The van der Waals surface area contributed by atoms with Crippen LogP contribution >= 0.6 is 11.3 Å². The Morgan fingerprint density at radius 1 is 1.29 bits per heavy atom. The number of carbonyl (C=O) groups is 1. The summed E-state index contributed by atoms with van der Waals surface area (Å²) >= 11 is 1.53. The summed E-state index contributed by atoms with van der Waals surface area (Å²) in [6.45, 7) is 6.09. The van der Waals surface area contributed by atoms with Crippen LogP contribution in [0.2, 0.25) is 0 Å². The Kier molecular flexibility index (Phi) is 5.82. The number of hydrogen-bond donors (Lipinski definition) is 1. The maximum absolute atomic E-state index is 13.1. The minimum atomic E-state index is 0.0122. The van der Waals surface area contributed by atoms with Crippen LogP contribution in [0.15, 0.2) is 6.07 Å². The summed E-state index contributed by atoms with van der Waals surface area (Å²) in [4.78, 5) is 24.2. The summed E-state index contributed by atoms with van der Waals surface area (Å²) in [6.07, 6.45) is 4.42. The molecular formula is C19H26N6O2S. The Morgan fingerprint density at radius 3 is 2.86 bits per heavy atom. The lowest BCUT2D eigenvalue weighted by molar-refractivity contribution is -0.139. The van der Waals surface area contributed by atoms with Crippen LogP contribution in [-0.4, -0.2) is 50.7 Å². The molecule has 0 spiro atoms. The van der Waals surface area contributed by atoms with Crippen molar-refractivity contribution >= 4 is 28.2 Å². The number of aryl methyl sites for hydroxylation is 2. The molecule has 0 radical (unpaired) electrons. The van der Waals surface area contributed by atoms with Crippen LogP contribution in [0.4, 0.5) is 10.9 Å². The number of aromatic nitrogens is 4. The van der Waals surface area contributed by atoms with Crippen molar-refractivity contribution in [3.8, 4) is 0 Å². The second kappa shape index (κ2) is 8.48. The molecule has 1 unspecified atom stereocenters. The summed E-state index contributed by atoms with van der Waals surface area (Å²) in [5.74, 6) is 1.70. The first-order valence-corrected chi connectivity index (χ1v) is 10.8. The van der Waals surface area contributed by atoms with Crippen molar-refractivity contribution in [3.63, 3.8) is 0 Å². The minimum Gasteiger partial charge on any atom is -0.381 e. The van der Waals surface area contributed by atoms with Crippen LogP contribution < -0.4 is 5.32 Å². The van der Waals surface area contributed by atoms with Crippen molar-refractivity contribution in [1.82, 2.24) is 25.1 Å². The zero-order valence-electron chi connectivity index (χ0n) is 16.3. The third-order valence-corrected chi connectivity index (χ3v) is 6.29. The smallest absolute Gasteiger partial charge is 0.226 e. The quantitative estimate of drug-likeness (QED) is 0.821. The highest BCUT2D eigenvalue weighted by atomic mass is 32.1. The molecule has 9 heteroatoms.